The molecule has 0 saturated carbocycles. The van der Waals surface area contributed by atoms with Crippen LogP contribution in [0.3, 0.4) is 0 Å². The topological polar surface area (TPSA) is 77.8 Å². The van der Waals surface area contributed by atoms with E-state index in [1.54, 1.807) is 48.5 Å². The number of nitriles is 1. The van der Waals surface area contributed by atoms with Crippen molar-refractivity contribution in [2.75, 3.05) is 10.6 Å². The fraction of sp³-hybridized carbons (Fsp3) is 0.0500. The number of anilines is 3. The highest BCUT2D eigenvalue weighted by molar-refractivity contribution is 6.30. The normalized spacial score (nSPS) is 10.0. The molecular formula is C20H15ClN4O. The van der Waals surface area contributed by atoms with E-state index >= 15 is 0 Å². The fourth-order valence-electron chi connectivity index (χ4n) is 2.38. The van der Waals surface area contributed by atoms with Gasteiger partial charge in [0, 0.05) is 22.6 Å². The zero-order valence-electron chi connectivity index (χ0n) is 14.0. The number of aromatic nitrogens is 1. The Balaban J connectivity index is 1.70. The van der Waals surface area contributed by atoms with Gasteiger partial charge in [0.1, 0.15) is 5.82 Å². The molecule has 26 heavy (non-hydrogen) atoms. The second kappa shape index (κ2) is 7.68. The molecule has 2 aromatic carbocycles. The molecule has 0 saturated heterocycles. The Morgan fingerprint density at radius 3 is 2.69 bits per heavy atom. The summed E-state index contributed by atoms with van der Waals surface area (Å²) in [6, 6.07) is 17.8. The molecule has 0 spiro atoms. The molecule has 0 bridgehead atoms. The third-order valence-electron chi connectivity index (χ3n) is 3.73. The summed E-state index contributed by atoms with van der Waals surface area (Å²) >= 11 is 5.93. The van der Waals surface area contributed by atoms with Crippen molar-refractivity contribution in [1.82, 2.24) is 4.98 Å². The highest BCUT2D eigenvalue weighted by Crippen LogP contribution is 2.21. The second-order valence-corrected chi connectivity index (χ2v) is 6.10. The van der Waals surface area contributed by atoms with Crippen molar-refractivity contribution in [3.8, 4) is 6.07 Å². The molecule has 3 rings (SSSR count). The molecule has 1 heterocycles. The van der Waals surface area contributed by atoms with E-state index in [0.29, 0.717) is 27.7 Å². The number of amides is 1. The molecule has 5 nitrogen and oxygen atoms in total. The van der Waals surface area contributed by atoms with Crippen LogP contribution in [0.4, 0.5) is 17.2 Å². The number of carbonyl (C=O) groups excluding carboxylic acids is 1. The molecule has 1 amide bonds. The Hall–Kier alpha value is -3.36. The average Bonchev–Trinajstić information content (AvgIpc) is 2.64. The van der Waals surface area contributed by atoms with E-state index < -0.39 is 0 Å². The zero-order chi connectivity index (χ0) is 18.5. The standard InChI is InChI=1S/C20H15ClN4O/c1-13-9-16(21)6-7-18(13)25-20(26)15-5-8-19(23-12-15)24-17-4-2-3-14(10-17)11-22/h2-10,12H,1H3,(H,23,24)(H,25,26). The molecule has 0 aliphatic carbocycles. The fourth-order valence-corrected chi connectivity index (χ4v) is 2.60. The predicted octanol–water partition coefficient (Wildman–Crippen LogP) is 4.91. The number of carbonyl (C=O) groups is 1. The summed E-state index contributed by atoms with van der Waals surface area (Å²) < 4.78 is 0. The minimum Gasteiger partial charge on any atom is -0.340 e. The van der Waals surface area contributed by atoms with Crippen molar-refractivity contribution < 1.29 is 4.79 Å². The second-order valence-electron chi connectivity index (χ2n) is 5.66. The van der Waals surface area contributed by atoms with Crippen LogP contribution in [0.1, 0.15) is 21.5 Å². The van der Waals surface area contributed by atoms with Crippen LogP contribution in [0.15, 0.2) is 60.8 Å². The van der Waals surface area contributed by atoms with Crippen LogP contribution in [0.25, 0.3) is 0 Å². The Morgan fingerprint density at radius 2 is 2.00 bits per heavy atom. The highest BCUT2D eigenvalue weighted by Gasteiger charge is 2.09. The van der Waals surface area contributed by atoms with Crippen molar-refractivity contribution in [2.24, 2.45) is 0 Å². The lowest BCUT2D eigenvalue weighted by Gasteiger charge is -2.09. The Labute approximate surface area is 156 Å². The van der Waals surface area contributed by atoms with Crippen LogP contribution in [0.2, 0.25) is 5.02 Å². The molecule has 0 unspecified atom stereocenters. The lowest BCUT2D eigenvalue weighted by molar-refractivity contribution is 0.102. The van der Waals surface area contributed by atoms with Gasteiger partial charge in [0.25, 0.3) is 5.91 Å². The number of rotatable bonds is 4. The zero-order valence-corrected chi connectivity index (χ0v) is 14.7. The van der Waals surface area contributed by atoms with Crippen molar-refractivity contribution in [3.05, 3.63) is 82.5 Å². The van der Waals surface area contributed by atoms with Crippen LogP contribution in [0, 0.1) is 18.3 Å². The van der Waals surface area contributed by atoms with Gasteiger partial charge >= 0.3 is 0 Å². The van der Waals surface area contributed by atoms with Gasteiger partial charge in [0.15, 0.2) is 0 Å². The number of benzene rings is 2. The summed E-state index contributed by atoms with van der Waals surface area (Å²) in [6.07, 6.45) is 1.50. The first-order valence-corrected chi connectivity index (χ1v) is 8.24. The lowest BCUT2D eigenvalue weighted by Crippen LogP contribution is -2.13. The molecule has 0 aliphatic heterocycles. The third-order valence-corrected chi connectivity index (χ3v) is 3.96. The number of hydrogen-bond donors (Lipinski definition) is 2. The van der Waals surface area contributed by atoms with Gasteiger partial charge in [-0.15, -0.1) is 0 Å². The molecule has 3 aromatic rings. The number of halogens is 1. The van der Waals surface area contributed by atoms with Crippen LogP contribution in [-0.4, -0.2) is 10.9 Å². The Bertz CT molecular complexity index is 993. The van der Waals surface area contributed by atoms with Crippen LogP contribution in [-0.2, 0) is 0 Å². The number of pyridine rings is 1. The van der Waals surface area contributed by atoms with Crippen molar-refractivity contribution in [1.29, 1.82) is 5.26 Å². The van der Waals surface area contributed by atoms with E-state index in [1.165, 1.54) is 6.20 Å². The molecule has 128 valence electrons. The average molecular weight is 363 g/mol. The summed E-state index contributed by atoms with van der Waals surface area (Å²) in [5, 5.41) is 15.5. The first-order chi connectivity index (χ1) is 12.5. The van der Waals surface area contributed by atoms with Gasteiger partial charge in [0.2, 0.25) is 0 Å². The minimum atomic E-state index is -0.249. The Morgan fingerprint density at radius 1 is 1.15 bits per heavy atom. The monoisotopic (exact) mass is 362 g/mol. The number of hydrogen-bond acceptors (Lipinski definition) is 4. The van der Waals surface area contributed by atoms with E-state index in [0.717, 1.165) is 11.3 Å². The predicted molar refractivity (Wildman–Crippen MR) is 103 cm³/mol. The van der Waals surface area contributed by atoms with Gasteiger partial charge in [-0.3, -0.25) is 4.79 Å². The molecule has 0 fully saturated rings. The molecular weight excluding hydrogens is 348 g/mol. The van der Waals surface area contributed by atoms with Gasteiger partial charge in [-0.2, -0.15) is 5.26 Å². The summed E-state index contributed by atoms with van der Waals surface area (Å²) in [5.41, 5.74) is 3.34. The van der Waals surface area contributed by atoms with Gasteiger partial charge in [-0.1, -0.05) is 17.7 Å². The van der Waals surface area contributed by atoms with Gasteiger partial charge < -0.3 is 10.6 Å². The van der Waals surface area contributed by atoms with E-state index in [4.69, 9.17) is 16.9 Å². The van der Waals surface area contributed by atoms with Crippen molar-refractivity contribution in [2.45, 2.75) is 6.92 Å². The maximum Gasteiger partial charge on any atom is 0.257 e. The highest BCUT2D eigenvalue weighted by atomic mass is 35.5. The first kappa shape index (κ1) is 17.5. The number of nitrogens with zero attached hydrogens (tertiary/aromatic N) is 2. The Kier molecular flexibility index (Phi) is 5.16. The minimum absolute atomic E-state index is 0.249. The van der Waals surface area contributed by atoms with Crippen LogP contribution < -0.4 is 10.6 Å². The van der Waals surface area contributed by atoms with Gasteiger partial charge in [-0.25, -0.2) is 4.98 Å². The maximum atomic E-state index is 12.4. The van der Waals surface area contributed by atoms with Gasteiger partial charge in [0.05, 0.1) is 17.2 Å². The summed E-state index contributed by atoms with van der Waals surface area (Å²) in [7, 11) is 0. The smallest absolute Gasteiger partial charge is 0.257 e. The maximum absolute atomic E-state index is 12.4. The summed E-state index contributed by atoms with van der Waals surface area (Å²) in [4.78, 5) is 16.6. The first-order valence-electron chi connectivity index (χ1n) is 7.86. The van der Waals surface area contributed by atoms with Crippen molar-refractivity contribution >= 4 is 34.7 Å². The molecule has 0 atom stereocenters. The third kappa shape index (κ3) is 4.18. The SMILES string of the molecule is Cc1cc(Cl)ccc1NC(=O)c1ccc(Nc2cccc(C#N)c2)nc1. The van der Waals surface area contributed by atoms with Crippen LogP contribution in [0.5, 0.6) is 0 Å². The van der Waals surface area contributed by atoms with Crippen LogP contribution >= 0.6 is 11.6 Å². The summed E-state index contributed by atoms with van der Waals surface area (Å²) in [5.74, 6) is 0.334. The van der Waals surface area contributed by atoms with E-state index in [2.05, 4.69) is 21.7 Å². The molecule has 1 aromatic heterocycles. The van der Waals surface area contributed by atoms with Gasteiger partial charge in [-0.05, 0) is 61.0 Å². The number of nitrogens with one attached hydrogen (secondary N) is 2. The molecule has 6 heteroatoms. The summed E-state index contributed by atoms with van der Waals surface area (Å²) in [6.45, 7) is 1.88. The number of aryl methyl sites for hydroxylation is 1. The van der Waals surface area contributed by atoms with E-state index in [9.17, 15) is 4.79 Å². The van der Waals surface area contributed by atoms with E-state index in [-0.39, 0.29) is 5.91 Å². The largest absolute Gasteiger partial charge is 0.340 e. The van der Waals surface area contributed by atoms with Crippen molar-refractivity contribution in [3.63, 3.8) is 0 Å². The van der Waals surface area contributed by atoms with E-state index in [1.807, 2.05) is 13.0 Å². The molecule has 0 aliphatic rings. The lowest BCUT2D eigenvalue weighted by atomic mass is 10.2. The quantitative estimate of drug-likeness (QED) is 0.691. The molecule has 0 radical (unpaired) electrons. The molecule has 2 N–H and O–H groups in total.